The van der Waals surface area contributed by atoms with Crippen LogP contribution >= 0.6 is 0 Å². The average Bonchev–Trinajstić information content (AvgIpc) is 2.88. The summed E-state index contributed by atoms with van der Waals surface area (Å²) < 4.78 is 11.6. The Hall–Kier alpha value is -3.75. The second kappa shape index (κ2) is 9.24. The van der Waals surface area contributed by atoms with E-state index in [1.54, 1.807) is 14.2 Å². The highest BCUT2D eigenvalue weighted by Gasteiger charge is 2.37. The molecule has 4 aromatic rings. The van der Waals surface area contributed by atoms with Crippen LogP contribution < -0.4 is 25.0 Å². The van der Waals surface area contributed by atoms with Gasteiger partial charge >= 0.3 is 0 Å². The van der Waals surface area contributed by atoms with Crippen molar-refractivity contribution in [3.05, 3.63) is 66.2 Å². The van der Waals surface area contributed by atoms with Gasteiger partial charge in [0.2, 0.25) is 5.95 Å². The Balaban J connectivity index is 1.67. The molecule has 8 nitrogen and oxygen atoms in total. The molecule has 174 valence electrons. The lowest BCUT2D eigenvalue weighted by Crippen LogP contribution is -2.59. The van der Waals surface area contributed by atoms with Crippen molar-refractivity contribution < 1.29 is 9.47 Å². The van der Waals surface area contributed by atoms with Crippen molar-refractivity contribution in [3.8, 4) is 22.8 Å². The fourth-order valence-electron chi connectivity index (χ4n) is 4.70. The van der Waals surface area contributed by atoms with E-state index in [0.29, 0.717) is 16.0 Å². The van der Waals surface area contributed by atoms with Gasteiger partial charge in [0.05, 0.1) is 33.0 Å². The van der Waals surface area contributed by atoms with Crippen LogP contribution in [0.1, 0.15) is 5.56 Å². The van der Waals surface area contributed by atoms with Crippen molar-refractivity contribution in [2.75, 3.05) is 46.1 Å². The normalized spacial score (nSPS) is 15.2. The molecule has 34 heavy (non-hydrogen) atoms. The summed E-state index contributed by atoms with van der Waals surface area (Å²) in [6, 6.07) is 20.3. The van der Waals surface area contributed by atoms with Gasteiger partial charge in [0.15, 0.2) is 17.0 Å². The van der Waals surface area contributed by atoms with Crippen molar-refractivity contribution in [1.29, 1.82) is 0 Å². The molecular weight excluding hydrogens is 428 g/mol. The number of aromatic nitrogens is 3. The second-order valence-electron chi connectivity index (χ2n) is 8.53. The smallest absolute Gasteiger partial charge is 0.259 e. The highest BCUT2D eigenvalue weighted by Crippen LogP contribution is 2.35. The van der Waals surface area contributed by atoms with Gasteiger partial charge in [-0.15, -0.1) is 0 Å². The van der Waals surface area contributed by atoms with Crippen molar-refractivity contribution in [1.82, 2.24) is 24.8 Å². The molecular formula is C26H29N6O2+. The van der Waals surface area contributed by atoms with Gasteiger partial charge in [-0.1, -0.05) is 30.3 Å². The number of nitrogens with one attached hydrogen (secondary N) is 1. The molecule has 0 radical (unpaired) electrons. The van der Waals surface area contributed by atoms with Crippen LogP contribution in [0.4, 0.5) is 11.8 Å². The monoisotopic (exact) mass is 457 g/mol. The van der Waals surface area contributed by atoms with E-state index in [9.17, 15) is 0 Å². The van der Waals surface area contributed by atoms with Crippen molar-refractivity contribution >= 4 is 22.8 Å². The lowest BCUT2D eigenvalue weighted by Gasteiger charge is -2.40. The van der Waals surface area contributed by atoms with E-state index in [-0.39, 0.29) is 5.95 Å². The Kier molecular flexibility index (Phi) is 6.00. The Morgan fingerprint density at radius 2 is 1.65 bits per heavy atom. The standard InChI is InChI=1S/C26H29N6O2/c1-33-22-11-8-19(16-23(22)34-2)20-9-10-21-24(29-20)25(31-26(27)30-21)32(14-12-28-13-15-32)17-18-6-4-3-5-7-18/h3-11,16,28H,12-15,17H2,1-2H3,(H2,27,30,31)/q+1. The minimum absolute atomic E-state index is 0.271. The molecule has 2 aromatic heterocycles. The average molecular weight is 458 g/mol. The van der Waals surface area contributed by atoms with Crippen LogP contribution in [0.3, 0.4) is 0 Å². The van der Waals surface area contributed by atoms with Gasteiger partial charge in [-0.25, -0.2) is 9.97 Å². The molecule has 0 saturated carbocycles. The fourth-order valence-corrected chi connectivity index (χ4v) is 4.70. The quantitative estimate of drug-likeness (QED) is 0.429. The number of hydrogen-bond donors (Lipinski definition) is 2. The van der Waals surface area contributed by atoms with E-state index in [1.807, 2.05) is 36.4 Å². The SMILES string of the molecule is COc1ccc(-c2ccc3nc(N)nc([N+]4(Cc5ccccc5)CCNCC4)c3n2)cc1OC. The van der Waals surface area contributed by atoms with Crippen LogP contribution in [0.2, 0.25) is 0 Å². The second-order valence-corrected chi connectivity index (χ2v) is 8.53. The predicted octanol–water partition coefficient (Wildman–Crippen LogP) is 3.40. The molecule has 1 aliphatic heterocycles. The summed E-state index contributed by atoms with van der Waals surface area (Å²) in [5.41, 5.74) is 10.7. The van der Waals surface area contributed by atoms with Gasteiger partial charge < -0.3 is 20.5 Å². The molecule has 3 N–H and O–H groups in total. The maximum Gasteiger partial charge on any atom is 0.259 e. The minimum atomic E-state index is 0.271. The number of pyridine rings is 1. The van der Waals surface area contributed by atoms with Crippen LogP contribution in [0, 0.1) is 0 Å². The molecule has 1 saturated heterocycles. The first-order valence-corrected chi connectivity index (χ1v) is 11.4. The summed E-state index contributed by atoms with van der Waals surface area (Å²) in [6.07, 6.45) is 0. The number of hydrogen-bond acceptors (Lipinski definition) is 7. The minimum Gasteiger partial charge on any atom is -0.493 e. The molecule has 1 aliphatic rings. The maximum absolute atomic E-state index is 6.20. The number of nitrogens with zero attached hydrogens (tertiary/aromatic N) is 4. The van der Waals surface area contributed by atoms with Gasteiger partial charge in [-0.3, -0.25) is 4.48 Å². The zero-order chi connectivity index (χ0) is 23.5. The van der Waals surface area contributed by atoms with Gasteiger partial charge in [0, 0.05) is 24.2 Å². The first-order chi connectivity index (χ1) is 16.6. The van der Waals surface area contributed by atoms with Crippen LogP contribution in [0.25, 0.3) is 22.3 Å². The van der Waals surface area contributed by atoms with Crippen LogP contribution in [-0.4, -0.2) is 55.4 Å². The van der Waals surface area contributed by atoms with Crippen molar-refractivity contribution in [3.63, 3.8) is 0 Å². The molecule has 2 aromatic carbocycles. The zero-order valence-corrected chi connectivity index (χ0v) is 19.5. The summed E-state index contributed by atoms with van der Waals surface area (Å²) in [5.74, 6) is 2.48. The number of benzene rings is 2. The molecule has 1 fully saturated rings. The van der Waals surface area contributed by atoms with Gasteiger partial charge in [0.1, 0.15) is 12.1 Å². The molecule has 0 spiro atoms. The number of methoxy groups -OCH3 is 2. The van der Waals surface area contributed by atoms with E-state index in [4.69, 9.17) is 25.2 Å². The molecule has 0 amide bonds. The number of quaternary nitrogens is 1. The lowest BCUT2D eigenvalue weighted by molar-refractivity contribution is 0.228. The van der Waals surface area contributed by atoms with E-state index in [1.165, 1.54) is 5.56 Å². The van der Waals surface area contributed by atoms with E-state index in [0.717, 1.165) is 60.8 Å². The molecule has 3 heterocycles. The van der Waals surface area contributed by atoms with Crippen LogP contribution in [0.15, 0.2) is 60.7 Å². The Labute approximate surface area is 199 Å². The highest BCUT2D eigenvalue weighted by atomic mass is 16.5. The van der Waals surface area contributed by atoms with Crippen LogP contribution in [-0.2, 0) is 6.54 Å². The largest absolute Gasteiger partial charge is 0.493 e. The zero-order valence-electron chi connectivity index (χ0n) is 19.5. The Bertz CT molecular complexity index is 1310. The molecule has 0 atom stereocenters. The molecule has 0 bridgehead atoms. The third kappa shape index (κ3) is 4.13. The predicted molar refractivity (Wildman–Crippen MR) is 135 cm³/mol. The summed E-state index contributed by atoms with van der Waals surface area (Å²) in [6.45, 7) is 4.39. The first-order valence-electron chi connectivity index (χ1n) is 11.4. The topological polar surface area (TPSA) is 95.2 Å². The number of rotatable bonds is 6. The van der Waals surface area contributed by atoms with E-state index in [2.05, 4.69) is 34.6 Å². The third-order valence-corrected chi connectivity index (χ3v) is 6.43. The van der Waals surface area contributed by atoms with E-state index >= 15 is 0 Å². The fraction of sp³-hybridized carbons (Fsp3) is 0.269. The van der Waals surface area contributed by atoms with Gasteiger partial charge in [-0.05, 0) is 30.3 Å². The number of ether oxygens (including phenoxy) is 2. The summed E-state index contributed by atoms with van der Waals surface area (Å²) in [5, 5.41) is 3.48. The van der Waals surface area contributed by atoms with Gasteiger partial charge in [-0.2, -0.15) is 4.98 Å². The first kappa shape index (κ1) is 22.1. The third-order valence-electron chi connectivity index (χ3n) is 6.43. The molecule has 0 aliphatic carbocycles. The molecule has 5 rings (SSSR count). The number of nitrogen functional groups attached to an aromatic ring is 1. The highest BCUT2D eigenvalue weighted by molar-refractivity contribution is 5.88. The maximum atomic E-state index is 6.20. The number of anilines is 1. The lowest BCUT2D eigenvalue weighted by atomic mass is 10.1. The van der Waals surface area contributed by atoms with Crippen molar-refractivity contribution in [2.24, 2.45) is 0 Å². The van der Waals surface area contributed by atoms with Crippen LogP contribution in [0.5, 0.6) is 11.5 Å². The number of fused-ring (bicyclic) bond motifs is 1. The van der Waals surface area contributed by atoms with Crippen molar-refractivity contribution in [2.45, 2.75) is 6.54 Å². The molecule has 8 heteroatoms. The van der Waals surface area contributed by atoms with Gasteiger partial charge in [0.25, 0.3) is 5.82 Å². The summed E-state index contributed by atoms with van der Waals surface area (Å²) in [4.78, 5) is 14.4. The Morgan fingerprint density at radius 3 is 2.38 bits per heavy atom. The number of nitrogens with two attached hydrogens (primary N) is 1. The summed E-state index contributed by atoms with van der Waals surface area (Å²) >= 11 is 0. The molecule has 0 unspecified atom stereocenters. The number of piperazine rings is 1. The Morgan fingerprint density at radius 1 is 0.882 bits per heavy atom. The summed E-state index contributed by atoms with van der Waals surface area (Å²) in [7, 11) is 3.26. The van der Waals surface area contributed by atoms with E-state index < -0.39 is 0 Å².